The van der Waals surface area contributed by atoms with Crippen molar-refractivity contribution < 1.29 is 20.1 Å². The summed E-state index contributed by atoms with van der Waals surface area (Å²) < 4.78 is 6.31. The van der Waals surface area contributed by atoms with Crippen molar-refractivity contribution >= 4 is 0 Å². The van der Waals surface area contributed by atoms with Crippen LogP contribution in [-0.4, -0.2) is 45.8 Å². The normalized spacial score (nSPS) is 34.5. The highest BCUT2D eigenvalue weighted by Gasteiger charge is 2.32. The van der Waals surface area contributed by atoms with E-state index in [1.54, 1.807) is 0 Å². The van der Waals surface area contributed by atoms with Gasteiger partial charge in [-0.05, 0) is 93.6 Å². The van der Waals surface area contributed by atoms with E-state index < -0.39 is 17.8 Å². The van der Waals surface area contributed by atoms with Gasteiger partial charge in [0.25, 0.3) is 0 Å². The number of rotatable bonds is 9. The molecule has 0 radical (unpaired) electrons. The Labute approximate surface area is 215 Å². The largest absolute Gasteiger partial charge is 0.392 e. The minimum Gasteiger partial charge on any atom is -0.392 e. The second-order valence-electron chi connectivity index (χ2n) is 11.7. The fourth-order valence-corrected chi connectivity index (χ4v) is 5.99. The van der Waals surface area contributed by atoms with Gasteiger partial charge in [0.05, 0.1) is 23.9 Å². The van der Waals surface area contributed by atoms with Crippen LogP contribution >= 0.6 is 0 Å². The first-order chi connectivity index (χ1) is 16.5. The molecule has 2 rings (SSSR count). The lowest BCUT2D eigenvalue weighted by molar-refractivity contribution is -0.0196. The molecule has 4 heteroatoms. The Balaban J connectivity index is 1.97. The van der Waals surface area contributed by atoms with Crippen molar-refractivity contribution in [2.75, 3.05) is 6.61 Å². The van der Waals surface area contributed by atoms with E-state index in [0.717, 1.165) is 62.7 Å². The van der Waals surface area contributed by atoms with E-state index in [1.165, 1.54) is 18.4 Å². The minimum absolute atomic E-state index is 0.164. The maximum absolute atomic E-state index is 10.5. The van der Waals surface area contributed by atoms with Crippen LogP contribution in [0.4, 0.5) is 0 Å². The van der Waals surface area contributed by atoms with Crippen molar-refractivity contribution in [2.45, 2.75) is 130 Å². The van der Waals surface area contributed by atoms with E-state index in [1.807, 2.05) is 6.92 Å². The molecular formula is C31H54O4. The highest BCUT2D eigenvalue weighted by molar-refractivity contribution is 5.39. The SMILES string of the molecule is C=C1/C(=C\C=C2/CCCC(C)C([C@@H](C)OCCCC(O)(CC)CC)CCC2C)C[C@H](O)C(C)C1O. The first-order valence-corrected chi connectivity index (χ1v) is 14.3. The van der Waals surface area contributed by atoms with E-state index in [-0.39, 0.29) is 12.0 Å². The Morgan fingerprint density at radius 2 is 1.77 bits per heavy atom. The molecule has 2 aliphatic rings. The van der Waals surface area contributed by atoms with E-state index in [0.29, 0.717) is 24.2 Å². The molecule has 2 fully saturated rings. The fourth-order valence-electron chi connectivity index (χ4n) is 5.99. The molecule has 0 aliphatic heterocycles. The molecule has 5 unspecified atom stereocenters. The molecular weight excluding hydrogens is 436 g/mol. The van der Waals surface area contributed by atoms with E-state index in [4.69, 9.17) is 4.74 Å². The van der Waals surface area contributed by atoms with Crippen molar-refractivity contribution in [3.8, 4) is 0 Å². The molecule has 0 aromatic carbocycles. The number of hydrogen-bond acceptors (Lipinski definition) is 4. The van der Waals surface area contributed by atoms with Crippen LogP contribution in [0, 0.1) is 23.7 Å². The van der Waals surface area contributed by atoms with E-state index >= 15 is 0 Å². The molecule has 0 heterocycles. The summed E-state index contributed by atoms with van der Waals surface area (Å²) in [7, 11) is 0. The van der Waals surface area contributed by atoms with Crippen molar-refractivity contribution in [1.82, 2.24) is 0 Å². The monoisotopic (exact) mass is 490 g/mol. The van der Waals surface area contributed by atoms with Crippen LogP contribution in [0.15, 0.2) is 35.5 Å². The van der Waals surface area contributed by atoms with Crippen LogP contribution in [-0.2, 0) is 4.74 Å². The number of ether oxygens (including phenoxy) is 1. The van der Waals surface area contributed by atoms with Gasteiger partial charge in [0.15, 0.2) is 0 Å². The van der Waals surface area contributed by atoms with Gasteiger partial charge in [0, 0.05) is 12.5 Å². The van der Waals surface area contributed by atoms with Gasteiger partial charge in [-0.15, -0.1) is 0 Å². The Morgan fingerprint density at radius 3 is 2.43 bits per heavy atom. The summed E-state index contributed by atoms with van der Waals surface area (Å²) in [6, 6.07) is 0. The van der Waals surface area contributed by atoms with Crippen molar-refractivity contribution in [3.63, 3.8) is 0 Å². The van der Waals surface area contributed by atoms with Gasteiger partial charge in [0.1, 0.15) is 0 Å². The molecule has 7 atom stereocenters. The molecule has 0 bridgehead atoms. The summed E-state index contributed by atoms with van der Waals surface area (Å²) in [5.41, 5.74) is 2.66. The molecule has 202 valence electrons. The summed E-state index contributed by atoms with van der Waals surface area (Å²) >= 11 is 0. The molecule has 2 saturated carbocycles. The van der Waals surface area contributed by atoms with Gasteiger partial charge < -0.3 is 20.1 Å². The van der Waals surface area contributed by atoms with Gasteiger partial charge in [-0.1, -0.05) is 65.3 Å². The van der Waals surface area contributed by atoms with Gasteiger partial charge >= 0.3 is 0 Å². The summed E-state index contributed by atoms with van der Waals surface area (Å²) in [6.45, 7) is 17.8. The van der Waals surface area contributed by atoms with Crippen LogP contribution in [0.1, 0.15) is 106 Å². The highest BCUT2D eigenvalue weighted by atomic mass is 16.5. The molecule has 0 amide bonds. The predicted octanol–water partition coefficient (Wildman–Crippen LogP) is 6.75. The zero-order chi connectivity index (χ0) is 26.2. The lowest BCUT2D eigenvalue weighted by Gasteiger charge is -2.33. The number of aliphatic hydroxyl groups is 3. The lowest BCUT2D eigenvalue weighted by atomic mass is 9.78. The molecule has 0 aromatic heterocycles. The maximum atomic E-state index is 10.5. The van der Waals surface area contributed by atoms with E-state index in [9.17, 15) is 15.3 Å². The second kappa shape index (κ2) is 14.1. The quantitative estimate of drug-likeness (QED) is 0.313. The minimum atomic E-state index is -0.665. The Bertz CT molecular complexity index is 719. The lowest BCUT2D eigenvalue weighted by Crippen LogP contribution is -2.36. The summed E-state index contributed by atoms with van der Waals surface area (Å²) in [6.07, 6.45) is 13.1. The van der Waals surface area contributed by atoms with Crippen LogP contribution in [0.5, 0.6) is 0 Å². The van der Waals surface area contributed by atoms with Crippen molar-refractivity contribution in [3.05, 3.63) is 35.5 Å². The fraction of sp³-hybridized carbons (Fsp3) is 0.806. The second-order valence-corrected chi connectivity index (χ2v) is 11.7. The zero-order valence-electron chi connectivity index (χ0n) is 23.4. The van der Waals surface area contributed by atoms with Crippen molar-refractivity contribution in [2.24, 2.45) is 23.7 Å². The zero-order valence-corrected chi connectivity index (χ0v) is 23.4. The van der Waals surface area contributed by atoms with Gasteiger partial charge in [-0.2, -0.15) is 0 Å². The predicted molar refractivity (Wildman–Crippen MR) is 146 cm³/mol. The third kappa shape index (κ3) is 8.55. The summed E-state index contributed by atoms with van der Waals surface area (Å²) in [5.74, 6) is 1.52. The average molecular weight is 491 g/mol. The Morgan fingerprint density at radius 1 is 1.09 bits per heavy atom. The first-order valence-electron chi connectivity index (χ1n) is 14.3. The Hall–Kier alpha value is -0.940. The summed E-state index contributed by atoms with van der Waals surface area (Å²) in [4.78, 5) is 0. The van der Waals surface area contributed by atoms with Crippen molar-refractivity contribution in [1.29, 1.82) is 0 Å². The van der Waals surface area contributed by atoms with Crippen LogP contribution in [0.2, 0.25) is 0 Å². The molecule has 0 spiro atoms. The Kier molecular flexibility index (Phi) is 12.2. The topological polar surface area (TPSA) is 69.9 Å². The van der Waals surface area contributed by atoms with Crippen LogP contribution < -0.4 is 0 Å². The van der Waals surface area contributed by atoms with Gasteiger partial charge in [0.2, 0.25) is 0 Å². The van der Waals surface area contributed by atoms with Gasteiger partial charge in [-0.25, -0.2) is 0 Å². The number of hydrogen-bond donors (Lipinski definition) is 3. The van der Waals surface area contributed by atoms with Gasteiger partial charge in [-0.3, -0.25) is 0 Å². The molecule has 0 aromatic rings. The molecule has 3 N–H and O–H groups in total. The average Bonchev–Trinajstić information content (AvgIpc) is 2.91. The molecule has 2 aliphatic carbocycles. The first kappa shape index (κ1) is 30.3. The summed E-state index contributed by atoms with van der Waals surface area (Å²) in [5, 5.41) is 31.2. The standard InChI is InChI=1S/C31H54O4/c1-8-31(34,9-2)18-11-19-35-25(7)28-17-14-21(3)26(13-10-12-22(28)4)15-16-27-20-29(32)24(6)30(33)23(27)5/h15-16,21-22,24-25,28-30,32-34H,5,8-14,17-20H2,1-4,6-7H3/b26-15+,27-16-/t21?,22?,24?,25-,28?,29+,30?/m1/s1. The van der Waals surface area contributed by atoms with Crippen LogP contribution in [0.25, 0.3) is 0 Å². The third-order valence-electron chi connectivity index (χ3n) is 9.31. The third-order valence-corrected chi connectivity index (χ3v) is 9.31. The molecule has 4 nitrogen and oxygen atoms in total. The molecule has 0 saturated heterocycles. The molecule has 35 heavy (non-hydrogen) atoms. The van der Waals surface area contributed by atoms with Crippen LogP contribution in [0.3, 0.4) is 0 Å². The number of aliphatic hydroxyl groups excluding tert-OH is 2. The smallest absolute Gasteiger partial charge is 0.0837 e. The van der Waals surface area contributed by atoms with E-state index in [2.05, 4.69) is 53.3 Å². The maximum Gasteiger partial charge on any atom is 0.0837 e. The highest BCUT2D eigenvalue weighted by Crippen LogP contribution is 2.36. The number of allylic oxidation sites excluding steroid dienone is 3.